The van der Waals surface area contributed by atoms with Crippen LogP contribution in [0.2, 0.25) is 0 Å². The molecule has 0 saturated heterocycles. The van der Waals surface area contributed by atoms with Gasteiger partial charge in [-0.15, -0.1) is 0 Å². The molecule has 0 aromatic rings. The maximum atomic E-state index is 11.8. The predicted molar refractivity (Wildman–Crippen MR) is 161 cm³/mol. The van der Waals surface area contributed by atoms with E-state index < -0.39 is 43.1 Å². The van der Waals surface area contributed by atoms with Crippen LogP contribution >= 0.6 is 0 Å². The second-order valence-corrected chi connectivity index (χ2v) is 10.0. The predicted octanol–water partition coefficient (Wildman–Crippen LogP) is 0.417. The zero-order valence-corrected chi connectivity index (χ0v) is 29.0. The summed E-state index contributed by atoms with van der Waals surface area (Å²) in [5, 5.41) is 25.8. The second kappa shape index (κ2) is 33.9. The molecule has 46 heavy (non-hydrogen) atoms. The van der Waals surface area contributed by atoms with Gasteiger partial charge in [0.2, 0.25) is 5.91 Å². The summed E-state index contributed by atoms with van der Waals surface area (Å²) in [4.78, 5) is 63.7. The number of ether oxygens (including phenoxy) is 4. The Hall–Kier alpha value is -2.46. The van der Waals surface area contributed by atoms with Crippen molar-refractivity contribution in [2.75, 3.05) is 53.4 Å². The minimum atomic E-state index is -1.82. The zero-order chi connectivity index (χ0) is 33.8. The Bertz CT molecular complexity index is 825. The van der Waals surface area contributed by atoms with Crippen LogP contribution in [0.25, 0.3) is 0 Å². The number of carboxylic acid groups (broad SMARTS) is 3. The number of carbonyl (C=O) groups is 6. The molecular weight excluding hydrogens is 795 g/mol. The third kappa shape index (κ3) is 34.4. The Kier molecular flexibility index (Phi) is 37.1. The van der Waals surface area contributed by atoms with Crippen molar-refractivity contribution in [1.29, 1.82) is 0 Å². The molecule has 1 amide bonds. The number of nitrogens with two attached hydrogens (primary N) is 1. The molecule has 8 N–H and O–H groups in total. The van der Waals surface area contributed by atoms with Crippen LogP contribution in [0.3, 0.4) is 0 Å². The molecule has 3 atom stereocenters. The summed E-state index contributed by atoms with van der Waals surface area (Å²) < 4.78 is 20.1. The number of unbranched alkanes of at least 4 members (excludes halogenated alkanes) is 2. The van der Waals surface area contributed by atoms with Crippen LogP contribution in [-0.2, 0) is 68.8 Å². The second-order valence-electron chi connectivity index (χ2n) is 10.0. The smallest absolute Gasteiger partial charge is 0.414 e. The van der Waals surface area contributed by atoms with Crippen molar-refractivity contribution >= 4 is 35.4 Å². The SMILES string of the molecule is COCCOCCOCCC(=O)CCCCCC(NC(=O)COCC(=O)O)C(C)=O.O.O=C(O)C(=O)O.[CH2+][C@H]1CCCC[C@@H]1N.[Pt]. The van der Waals surface area contributed by atoms with Crippen molar-refractivity contribution in [3.63, 3.8) is 0 Å². The maximum absolute atomic E-state index is 11.8. The van der Waals surface area contributed by atoms with Gasteiger partial charge in [-0.05, 0) is 39.0 Å². The van der Waals surface area contributed by atoms with Gasteiger partial charge in [0, 0.05) is 47.1 Å². The fraction of sp³-hybridized carbons (Fsp3) is 0.759. The fourth-order valence-corrected chi connectivity index (χ4v) is 3.70. The minimum absolute atomic E-state index is 0. The van der Waals surface area contributed by atoms with Crippen LogP contribution in [0, 0.1) is 12.8 Å². The van der Waals surface area contributed by atoms with Gasteiger partial charge in [-0.3, -0.25) is 14.4 Å². The summed E-state index contributed by atoms with van der Waals surface area (Å²) in [5.41, 5.74) is 5.72. The number of rotatable bonds is 21. The summed E-state index contributed by atoms with van der Waals surface area (Å²) in [6.07, 6.45) is 8.50. The van der Waals surface area contributed by atoms with Gasteiger partial charge in [-0.25, -0.2) is 14.4 Å². The summed E-state index contributed by atoms with van der Waals surface area (Å²) in [6, 6.07) is -0.245. The monoisotopic (exact) mass is 848 g/mol. The van der Waals surface area contributed by atoms with Crippen molar-refractivity contribution < 1.29 is 89.6 Å². The molecule has 272 valence electrons. The number of hydrogen-bond donors (Lipinski definition) is 5. The van der Waals surface area contributed by atoms with Crippen LogP contribution in [0.15, 0.2) is 0 Å². The van der Waals surface area contributed by atoms with Crippen molar-refractivity contribution in [2.45, 2.75) is 83.2 Å². The number of aliphatic carboxylic acids is 3. The molecule has 0 radical (unpaired) electrons. The van der Waals surface area contributed by atoms with E-state index in [0.29, 0.717) is 77.1 Å². The molecule has 1 fully saturated rings. The van der Waals surface area contributed by atoms with Crippen molar-refractivity contribution in [3.05, 3.63) is 6.92 Å². The van der Waals surface area contributed by atoms with Crippen molar-refractivity contribution in [1.82, 2.24) is 5.32 Å². The summed E-state index contributed by atoms with van der Waals surface area (Å²) in [5.74, 6) is -4.87. The van der Waals surface area contributed by atoms with E-state index in [1.165, 1.54) is 32.6 Å². The van der Waals surface area contributed by atoms with E-state index in [2.05, 4.69) is 12.2 Å². The molecule has 1 saturated carbocycles. The van der Waals surface area contributed by atoms with Gasteiger partial charge in [0.25, 0.3) is 0 Å². The molecule has 1 aliphatic carbocycles. The molecule has 1 rings (SSSR count). The van der Waals surface area contributed by atoms with Crippen LogP contribution in [0.5, 0.6) is 0 Å². The first kappa shape index (κ1) is 50.4. The molecule has 0 bridgehead atoms. The molecule has 1 unspecified atom stereocenters. The van der Waals surface area contributed by atoms with Crippen LogP contribution in [0.4, 0.5) is 0 Å². The van der Waals surface area contributed by atoms with Gasteiger partial charge >= 0.3 is 17.9 Å². The first-order valence-corrected chi connectivity index (χ1v) is 14.6. The number of Topliss-reactive ketones (excluding diaryl/α,β-unsaturated/α-hetero) is 2. The number of ketones is 2. The molecule has 0 aromatic heterocycles. The largest absolute Gasteiger partial charge is 0.480 e. The van der Waals surface area contributed by atoms with Gasteiger partial charge in [0.1, 0.15) is 24.9 Å². The third-order valence-corrected chi connectivity index (χ3v) is 6.21. The molecular formula is C29H53N2O14Pt+. The standard InChI is InChI=1S/C20H35NO9.C7H14N.C2H2O4.H2O.Pt/c1-16(22)18(21-19(24)14-30-15-20(25)26)7-5-3-4-6-17(23)8-9-28-12-13-29-11-10-27-2;1-6-4-2-3-5-7(6)8;3-1(4)2(5)6;;/h18H,3-15H2,1-2H3,(H,21,24)(H,25,26);6-7H,1-5,8H2;(H,3,4)(H,5,6);1H2;/q;+1;;;/t;6-,7-;;;/m.0.../s1. The average molecular weight is 849 g/mol. The molecule has 0 spiro atoms. The first-order chi connectivity index (χ1) is 20.8. The van der Waals surface area contributed by atoms with Gasteiger partial charge < -0.3 is 50.8 Å². The zero-order valence-electron chi connectivity index (χ0n) is 26.8. The Balaban J connectivity index is -0.000000451. The molecule has 1 aliphatic rings. The Labute approximate surface area is 285 Å². The number of carbonyl (C=O) groups excluding carboxylic acids is 3. The number of hydrogen-bond acceptors (Lipinski definition) is 11. The Morgan fingerprint density at radius 1 is 0.826 bits per heavy atom. The van der Waals surface area contributed by atoms with Gasteiger partial charge in [0.05, 0.1) is 46.0 Å². The number of amides is 1. The van der Waals surface area contributed by atoms with Gasteiger partial charge in [-0.2, -0.15) is 0 Å². The van der Waals surface area contributed by atoms with E-state index >= 15 is 0 Å². The average Bonchev–Trinajstić information content (AvgIpc) is 2.95. The topological polar surface area (TPSA) is 270 Å². The van der Waals surface area contributed by atoms with Crippen molar-refractivity contribution in [3.8, 4) is 0 Å². The molecule has 16 nitrogen and oxygen atoms in total. The van der Waals surface area contributed by atoms with Crippen LogP contribution < -0.4 is 11.1 Å². The normalized spacial score (nSPS) is 15.5. The summed E-state index contributed by atoms with van der Waals surface area (Å²) in [6.45, 7) is 6.70. The quantitative estimate of drug-likeness (QED) is 0.0596. The molecule has 0 aromatic carbocycles. The van der Waals surface area contributed by atoms with Gasteiger partial charge in [0.15, 0.2) is 5.78 Å². The van der Waals surface area contributed by atoms with E-state index in [1.807, 2.05) is 0 Å². The van der Waals surface area contributed by atoms with E-state index in [4.69, 9.17) is 49.6 Å². The van der Waals surface area contributed by atoms with E-state index in [0.717, 1.165) is 6.42 Å². The van der Waals surface area contributed by atoms with E-state index in [9.17, 15) is 19.2 Å². The number of carboxylic acids is 3. The number of nitrogens with one attached hydrogen (secondary N) is 1. The third-order valence-electron chi connectivity index (χ3n) is 6.21. The minimum Gasteiger partial charge on any atom is -0.480 e. The van der Waals surface area contributed by atoms with E-state index in [-0.39, 0.29) is 38.1 Å². The fourth-order valence-electron chi connectivity index (χ4n) is 3.70. The molecule has 17 heteroatoms. The van der Waals surface area contributed by atoms with Crippen LogP contribution in [0.1, 0.15) is 71.1 Å². The van der Waals surface area contributed by atoms with Gasteiger partial charge in [-0.1, -0.05) is 19.3 Å². The molecule has 0 heterocycles. The number of methoxy groups -OCH3 is 1. The maximum Gasteiger partial charge on any atom is 0.414 e. The molecule has 0 aliphatic heterocycles. The Morgan fingerprint density at radius 3 is 1.87 bits per heavy atom. The van der Waals surface area contributed by atoms with E-state index in [1.54, 1.807) is 7.11 Å². The van der Waals surface area contributed by atoms with Crippen LogP contribution in [-0.4, -0.2) is 122 Å². The summed E-state index contributed by atoms with van der Waals surface area (Å²) >= 11 is 0. The van der Waals surface area contributed by atoms with Crippen molar-refractivity contribution in [2.24, 2.45) is 11.7 Å². The first-order valence-electron chi connectivity index (χ1n) is 14.6. The Morgan fingerprint density at radius 2 is 1.39 bits per heavy atom. The summed E-state index contributed by atoms with van der Waals surface area (Å²) in [7, 11) is 1.61.